The largest absolute Gasteiger partial charge is 0.377 e. The Balaban J connectivity index is 1.44. The number of halogens is 3. The first-order valence-electron chi connectivity index (χ1n) is 12.2. The number of aryl methyl sites for hydroxylation is 1. The lowest BCUT2D eigenvalue weighted by Crippen LogP contribution is -2.31. The monoisotopic (exact) mass is 559 g/mol. The number of pyridine rings is 3. The second kappa shape index (κ2) is 10.4. The minimum absolute atomic E-state index is 0.127. The third-order valence-electron chi connectivity index (χ3n) is 6.60. The van der Waals surface area contributed by atoms with Crippen LogP contribution in [0.1, 0.15) is 34.6 Å². The van der Waals surface area contributed by atoms with Crippen LogP contribution < -0.4 is 10.6 Å². The number of nitrogens with zero attached hydrogens (tertiary/aromatic N) is 7. The molecule has 1 aliphatic rings. The van der Waals surface area contributed by atoms with Gasteiger partial charge in [0.1, 0.15) is 17.8 Å². The summed E-state index contributed by atoms with van der Waals surface area (Å²) < 4.78 is 34.4. The van der Waals surface area contributed by atoms with E-state index in [4.69, 9.17) is 16.3 Å². The first-order valence-corrected chi connectivity index (χ1v) is 12.6. The average Bonchev–Trinajstić information content (AvgIpc) is 3.38. The van der Waals surface area contributed by atoms with Gasteiger partial charge in [-0.2, -0.15) is 9.65 Å². The van der Waals surface area contributed by atoms with Crippen LogP contribution in [0, 0.1) is 30.0 Å². The maximum absolute atomic E-state index is 13.9. The number of ether oxygens (including phenoxy) is 1. The van der Waals surface area contributed by atoms with Crippen molar-refractivity contribution in [2.24, 2.45) is 0 Å². The van der Waals surface area contributed by atoms with Crippen molar-refractivity contribution < 1.29 is 13.5 Å². The number of benzene rings is 1. The van der Waals surface area contributed by atoms with Gasteiger partial charge < -0.3 is 15.4 Å². The Labute approximate surface area is 231 Å². The third kappa shape index (κ3) is 4.76. The predicted octanol–water partition coefficient (Wildman–Crippen LogP) is 5.24. The molecule has 0 aliphatic carbocycles. The number of hydrogen-bond acceptors (Lipinski definition) is 9. The second-order valence-electron chi connectivity index (χ2n) is 9.20. The summed E-state index contributed by atoms with van der Waals surface area (Å²) in [5.74, 6) is -2.35. The van der Waals surface area contributed by atoms with Gasteiger partial charge in [-0.1, -0.05) is 22.9 Å². The van der Waals surface area contributed by atoms with Crippen LogP contribution in [0.5, 0.6) is 0 Å². The van der Waals surface area contributed by atoms with Crippen LogP contribution in [0.3, 0.4) is 0 Å². The van der Waals surface area contributed by atoms with E-state index in [0.29, 0.717) is 46.2 Å². The van der Waals surface area contributed by atoms with Crippen LogP contribution in [0.4, 0.5) is 25.8 Å². The number of anilines is 3. The van der Waals surface area contributed by atoms with Crippen LogP contribution >= 0.6 is 11.6 Å². The van der Waals surface area contributed by atoms with Crippen molar-refractivity contribution in [1.29, 1.82) is 5.26 Å². The molecule has 5 aromatic rings. The molecular weight excluding hydrogens is 540 g/mol. The fraction of sp³-hybridized carbons (Fsp3) is 0.185. The number of nitriles is 1. The molecular formula is C27H20ClF2N9O. The highest BCUT2D eigenvalue weighted by Crippen LogP contribution is 2.37. The molecule has 0 amide bonds. The quantitative estimate of drug-likeness (QED) is 0.257. The van der Waals surface area contributed by atoms with Gasteiger partial charge in [-0.05, 0) is 25.1 Å². The van der Waals surface area contributed by atoms with E-state index in [9.17, 15) is 14.0 Å². The van der Waals surface area contributed by atoms with Crippen LogP contribution in [0.25, 0.3) is 10.9 Å². The average molecular weight is 560 g/mol. The maximum Gasteiger partial charge on any atom is 0.249 e. The summed E-state index contributed by atoms with van der Waals surface area (Å²) in [5, 5.41) is 25.8. The molecule has 0 saturated carbocycles. The Morgan fingerprint density at radius 3 is 2.73 bits per heavy atom. The Hall–Kier alpha value is -4.73. The van der Waals surface area contributed by atoms with Gasteiger partial charge in [0.05, 0.1) is 59.1 Å². The van der Waals surface area contributed by atoms with E-state index < -0.39 is 17.8 Å². The van der Waals surface area contributed by atoms with Gasteiger partial charge in [0.25, 0.3) is 0 Å². The van der Waals surface area contributed by atoms with Gasteiger partial charge in [-0.25, -0.2) is 14.1 Å². The van der Waals surface area contributed by atoms with Crippen LogP contribution in [-0.2, 0) is 4.74 Å². The molecule has 200 valence electrons. The Morgan fingerprint density at radius 2 is 2.00 bits per heavy atom. The molecule has 1 aromatic carbocycles. The van der Waals surface area contributed by atoms with E-state index in [1.165, 1.54) is 6.20 Å². The predicted molar refractivity (Wildman–Crippen MR) is 143 cm³/mol. The van der Waals surface area contributed by atoms with Gasteiger partial charge >= 0.3 is 0 Å². The van der Waals surface area contributed by atoms with Crippen molar-refractivity contribution in [3.05, 3.63) is 94.4 Å². The van der Waals surface area contributed by atoms with E-state index in [2.05, 4.69) is 42.0 Å². The molecule has 0 spiro atoms. The smallest absolute Gasteiger partial charge is 0.249 e. The molecule has 2 N–H and O–H groups in total. The molecule has 10 nitrogen and oxygen atoms in total. The summed E-state index contributed by atoms with van der Waals surface area (Å²) in [6.45, 7) is 3.05. The molecule has 1 saturated heterocycles. The Bertz CT molecular complexity index is 1780. The molecule has 0 bridgehead atoms. The fourth-order valence-corrected chi connectivity index (χ4v) is 4.72. The number of rotatable bonds is 7. The maximum atomic E-state index is 13.9. The van der Waals surface area contributed by atoms with E-state index in [-0.39, 0.29) is 17.3 Å². The van der Waals surface area contributed by atoms with Gasteiger partial charge in [-0.3, -0.25) is 9.97 Å². The second-order valence-corrected chi connectivity index (χ2v) is 9.61. The van der Waals surface area contributed by atoms with Crippen molar-refractivity contribution >= 4 is 39.6 Å². The minimum Gasteiger partial charge on any atom is -0.377 e. The van der Waals surface area contributed by atoms with Crippen LogP contribution in [0.15, 0.2) is 55.1 Å². The normalized spacial score (nSPS) is 14.0. The van der Waals surface area contributed by atoms with Crippen molar-refractivity contribution in [2.75, 3.05) is 23.8 Å². The summed E-state index contributed by atoms with van der Waals surface area (Å²) in [6, 6.07) is 10.00. The van der Waals surface area contributed by atoms with E-state index in [1.54, 1.807) is 23.0 Å². The Morgan fingerprint density at radius 1 is 1.15 bits per heavy atom. The van der Waals surface area contributed by atoms with Crippen LogP contribution in [-0.4, -0.2) is 43.2 Å². The molecule has 1 fully saturated rings. The van der Waals surface area contributed by atoms with Gasteiger partial charge in [0.2, 0.25) is 5.95 Å². The SMILES string of the molecule is Cc1ncccc1[C@H](Nc1cc(Cl)c2ncc(C#N)c(Nc3cnc(F)c(F)c3)c2c1)c1cn(C2COC2)nn1. The number of aromatic nitrogens is 6. The lowest BCUT2D eigenvalue weighted by Gasteiger charge is -2.25. The number of hydrogen-bond donors (Lipinski definition) is 2. The fourth-order valence-electron chi connectivity index (χ4n) is 4.45. The molecule has 5 heterocycles. The molecule has 4 aromatic heterocycles. The minimum atomic E-state index is -1.22. The lowest BCUT2D eigenvalue weighted by atomic mass is 10.0. The molecule has 13 heteroatoms. The van der Waals surface area contributed by atoms with Crippen LogP contribution in [0.2, 0.25) is 5.02 Å². The zero-order valence-electron chi connectivity index (χ0n) is 20.9. The third-order valence-corrected chi connectivity index (χ3v) is 6.89. The summed E-state index contributed by atoms with van der Waals surface area (Å²) in [4.78, 5) is 12.2. The summed E-state index contributed by atoms with van der Waals surface area (Å²) in [5.41, 5.74) is 3.99. The molecule has 1 aliphatic heterocycles. The Kier molecular flexibility index (Phi) is 6.67. The van der Waals surface area contributed by atoms with Crippen molar-refractivity contribution in [3.8, 4) is 6.07 Å². The molecule has 6 rings (SSSR count). The number of nitrogens with one attached hydrogen (secondary N) is 2. The first kappa shape index (κ1) is 25.5. The van der Waals surface area contributed by atoms with Gasteiger partial charge in [-0.15, -0.1) is 5.10 Å². The molecule has 1 atom stereocenters. The molecule has 0 unspecified atom stereocenters. The zero-order valence-corrected chi connectivity index (χ0v) is 21.7. The van der Waals surface area contributed by atoms with E-state index >= 15 is 0 Å². The summed E-state index contributed by atoms with van der Waals surface area (Å²) in [6.07, 6.45) is 6.08. The first-order chi connectivity index (χ1) is 19.4. The summed E-state index contributed by atoms with van der Waals surface area (Å²) >= 11 is 6.66. The lowest BCUT2D eigenvalue weighted by molar-refractivity contribution is -0.0293. The van der Waals surface area contributed by atoms with Crippen molar-refractivity contribution in [3.63, 3.8) is 0 Å². The molecule has 40 heavy (non-hydrogen) atoms. The topological polar surface area (TPSA) is 126 Å². The van der Waals surface area contributed by atoms with Gasteiger partial charge in [0, 0.05) is 40.8 Å². The highest BCUT2D eigenvalue weighted by Gasteiger charge is 2.26. The molecule has 0 radical (unpaired) electrons. The zero-order chi connectivity index (χ0) is 27.8. The van der Waals surface area contributed by atoms with E-state index in [1.807, 2.05) is 25.3 Å². The highest BCUT2D eigenvalue weighted by molar-refractivity contribution is 6.36. The van der Waals surface area contributed by atoms with Crippen molar-refractivity contribution in [1.82, 2.24) is 29.9 Å². The highest BCUT2D eigenvalue weighted by atomic mass is 35.5. The standard InChI is InChI=1S/C27H20ClF2N9O/c1-14-19(3-2-4-32-14)26(23-11-39(38-37-23)18-12-40-13-18)35-16-5-20-24(36-17-7-22(29)27(30)34-10-17)15(8-31)9-33-25(20)21(28)6-16/h2-7,9-11,18,26,35H,12-13H2,1H3,(H,33,36)/t26-/m0/s1. The summed E-state index contributed by atoms with van der Waals surface area (Å²) in [7, 11) is 0. The van der Waals surface area contributed by atoms with Gasteiger partial charge in [0.15, 0.2) is 5.82 Å². The number of fused-ring (bicyclic) bond motifs is 1. The van der Waals surface area contributed by atoms with E-state index in [0.717, 1.165) is 23.5 Å². The van der Waals surface area contributed by atoms with Crippen molar-refractivity contribution in [2.45, 2.75) is 19.0 Å².